The number of carboxylic acids is 1. The van der Waals surface area contributed by atoms with Gasteiger partial charge in [-0.15, -0.1) is 0 Å². The molecule has 3 aromatic rings. The van der Waals surface area contributed by atoms with Crippen LogP contribution in [0.15, 0.2) is 60.7 Å². The normalized spacial score (nSPS) is 15.5. The molecule has 0 aliphatic heterocycles. The fourth-order valence-electron chi connectivity index (χ4n) is 5.70. The number of nitrogens with zero attached hydrogens (tertiary/aromatic N) is 2. The van der Waals surface area contributed by atoms with Crippen molar-refractivity contribution in [1.82, 2.24) is 4.98 Å². The van der Waals surface area contributed by atoms with Gasteiger partial charge in [0.2, 0.25) is 0 Å². The van der Waals surface area contributed by atoms with Crippen LogP contribution in [-0.2, 0) is 17.1 Å². The Bertz CT molecular complexity index is 1360. The Morgan fingerprint density at radius 2 is 1.44 bits per heavy atom. The number of aliphatic carboxylic acids is 1. The maximum Gasteiger partial charge on any atom is 0.416 e. The molecule has 232 valence electrons. The first kappa shape index (κ1) is 32.4. The van der Waals surface area contributed by atoms with Crippen LogP contribution in [0.3, 0.4) is 0 Å². The van der Waals surface area contributed by atoms with Crippen LogP contribution in [0.2, 0.25) is 0 Å². The molecule has 0 saturated heterocycles. The molecule has 0 amide bonds. The summed E-state index contributed by atoms with van der Waals surface area (Å²) < 4.78 is 79.8. The molecule has 0 bridgehead atoms. The minimum absolute atomic E-state index is 0.0320. The van der Waals surface area contributed by atoms with Crippen molar-refractivity contribution < 1.29 is 36.2 Å². The van der Waals surface area contributed by atoms with Crippen molar-refractivity contribution in [1.29, 1.82) is 0 Å². The second-order valence-corrected chi connectivity index (χ2v) is 11.7. The average molecular weight is 607 g/mol. The monoisotopic (exact) mass is 606 g/mol. The zero-order chi connectivity index (χ0) is 31.4. The number of carboxylic acid groups (broad SMARTS) is 1. The van der Waals surface area contributed by atoms with Crippen molar-refractivity contribution in [2.24, 2.45) is 11.8 Å². The summed E-state index contributed by atoms with van der Waals surface area (Å²) in [7, 11) is 0. The van der Waals surface area contributed by atoms with E-state index in [2.05, 4.69) is 0 Å². The minimum atomic E-state index is -4.52. The molecule has 0 radical (unpaired) electrons. The molecular weight excluding hydrogens is 570 g/mol. The third-order valence-corrected chi connectivity index (χ3v) is 8.02. The molecule has 2 aromatic carbocycles. The molecule has 1 aliphatic rings. The summed E-state index contributed by atoms with van der Waals surface area (Å²) >= 11 is 0. The molecule has 1 aromatic heterocycles. The highest BCUT2D eigenvalue weighted by molar-refractivity contribution is 5.78. The second kappa shape index (κ2) is 13.4. The van der Waals surface area contributed by atoms with Gasteiger partial charge in [0.1, 0.15) is 5.82 Å². The van der Waals surface area contributed by atoms with Crippen LogP contribution >= 0.6 is 0 Å². The van der Waals surface area contributed by atoms with Crippen LogP contribution in [0.5, 0.6) is 0 Å². The molecule has 0 spiro atoms. The number of hydrogen-bond acceptors (Lipinski definition) is 3. The predicted octanol–water partition coefficient (Wildman–Crippen LogP) is 10.1. The number of halogens is 6. The Labute approximate surface area is 247 Å². The lowest BCUT2D eigenvalue weighted by Gasteiger charge is -2.29. The smallest absolute Gasteiger partial charge is 0.416 e. The molecule has 4 rings (SSSR count). The number of benzene rings is 2. The quantitative estimate of drug-likeness (QED) is 0.233. The topological polar surface area (TPSA) is 53.4 Å². The minimum Gasteiger partial charge on any atom is -0.481 e. The van der Waals surface area contributed by atoms with E-state index in [1.807, 2.05) is 13.8 Å². The van der Waals surface area contributed by atoms with Crippen molar-refractivity contribution in [3.8, 4) is 11.3 Å². The number of anilines is 2. The number of aromatic nitrogens is 1. The first-order valence-corrected chi connectivity index (χ1v) is 14.6. The van der Waals surface area contributed by atoms with E-state index < -0.39 is 35.4 Å². The third-order valence-electron chi connectivity index (χ3n) is 8.02. The van der Waals surface area contributed by atoms with E-state index in [1.54, 1.807) is 17.0 Å². The molecular formula is C33H36F6N2O2. The largest absolute Gasteiger partial charge is 0.481 e. The summed E-state index contributed by atoms with van der Waals surface area (Å²) in [6.45, 7) is 4.22. The predicted molar refractivity (Wildman–Crippen MR) is 154 cm³/mol. The summed E-state index contributed by atoms with van der Waals surface area (Å²) in [6, 6.07) is 12.5. The Hall–Kier alpha value is -3.56. The Morgan fingerprint density at radius 3 is 1.95 bits per heavy atom. The summed E-state index contributed by atoms with van der Waals surface area (Å²) in [4.78, 5) is 18.9. The van der Waals surface area contributed by atoms with Gasteiger partial charge in [0.25, 0.3) is 0 Å². The molecule has 1 saturated carbocycles. The van der Waals surface area contributed by atoms with E-state index in [0.29, 0.717) is 41.5 Å². The lowest BCUT2D eigenvalue weighted by Crippen LogP contribution is -2.24. The molecule has 1 fully saturated rings. The van der Waals surface area contributed by atoms with Gasteiger partial charge >= 0.3 is 18.3 Å². The molecule has 10 heteroatoms. The first-order chi connectivity index (χ1) is 20.2. The maximum absolute atomic E-state index is 13.3. The van der Waals surface area contributed by atoms with Crippen LogP contribution in [0.25, 0.3) is 11.3 Å². The van der Waals surface area contributed by atoms with Gasteiger partial charge in [0.15, 0.2) is 0 Å². The van der Waals surface area contributed by atoms with E-state index in [4.69, 9.17) is 4.98 Å². The lowest BCUT2D eigenvalue weighted by molar-refractivity contribution is -0.139. The standard InChI is InChI=1S/C33H36F6N2O2/c1-21(2)18-28(31(42)43)24-19-29(23-8-10-25(11-9-23)32(34,35)36)40-30(20-24)41(17-16-22-6-4-3-5-7-22)27-14-12-26(13-15-27)33(37,38)39/h8-15,19-22,28H,3-7,16-18H2,1-2H3,(H,42,43). The SMILES string of the molecule is CC(C)CC(C(=O)O)c1cc(-c2ccc(C(F)(F)F)cc2)nc(N(CCC2CCCCC2)c2ccc(C(F)(F)F)cc2)c1. The fourth-order valence-corrected chi connectivity index (χ4v) is 5.70. The zero-order valence-corrected chi connectivity index (χ0v) is 24.2. The van der Waals surface area contributed by atoms with E-state index in [0.717, 1.165) is 56.4 Å². The van der Waals surface area contributed by atoms with Crippen molar-refractivity contribution in [2.75, 3.05) is 11.4 Å². The van der Waals surface area contributed by atoms with Gasteiger partial charge in [0.05, 0.1) is 22.7 Å². The fraction of sp³-hybridized carbons (Fsp3) is 0.455. The van der Waals surface area contributed by atoms with Crippen LogP contribution in [0.1, 0.15) is 81.4 Å². The molecule has 1 unspecified atom stereocenters. The molecule has 4 nitrogen and oxygen atoms in total. The zero-order valence-electron chi connectivity index (χ0n) is 24.2. The Balaban J connectivity index is 1.83. The summed E-state index contributed by atoms with van der Waals surface area (Å²) in [5, 5.41) is 10.1. The summed E-state index contributed by atoms with van der Waals surface area (Å²) in [5.41, 5.74) is -0.0818. The molecule has 1 N–H and O–H groups in total. The van der Waals surface area contributed by atoms with E-state index in [9.17, 15) is 36.2 Å². The van der Waals surface area contributed by atoms with Crippen molar-refractivity contribution in [3.63, 3.8) is 0 Å². The second-order valence-electron chi connectivity index (χ2n) is 11.7. The Morgan fingerprint density at radius 1 is 0.884 bits per heavy atom. The van der Waals surface area contributed by atoms with Gasteiger partial charge in [-0.1, -0.05) is 58.1 Å². The number of rotatable bonds is 10. The van der Waals surface area contributed by atoms with Crippen LogP contribution in [0, 0.1) is 11.8 Å². The highest BCUT2D eigenvalue weighted by atomic mass is 19.4. The van der Waals surface area contributed by atoms with Crippen molar-refractivity contribution in [3.05, 3.63) is 77.4 Å². The number of alkyl halides is 6. The van der Waals surface area contributed by atoms with Gasteiger partial charge in [-0.2, -0.15) is 26.3 Å². The van der Waals surface area contributed by atoms with Crippen LogP contribution in [0.4, 0.5) is 37.8 Å². The first-order valence-electron chi connectivity index (χ1n) is 14.6. The van der Waals surface area contributed by atoms with Crippen molar-refractivity contribution in [2.45, 2.75) is 77.1 Å². The van der Waals surface area contributed by atoms with Gasteiger partial charge in [-0.25, -0.2) is 4.98 Å². The average Bonchev–Trinajstić information content (AvgIpc) is 2.95. The molecule has 1 atom stereocenters. The van der Waals surface area contributed by atoms with Crippen molar-refractivity contribution >= 4 is 17.5 Å². The number of hydrogen-bond donors (Lipinski definition) is 1. The van der Waals surface area contributed by atoms with Crippen LogP contribution in [-0.4, -0.2) is 22.6 Å². The van der Waals surface area contributed by atoms with Gasteiger partial charge in [-0.3, -0.25) is 4.79 Å². The lowest BCUT2D eigenvalue weighted by atomic mass is 9.87. The summed E-state index contributed by atoms with van der Waals surface area (Å²) in [6.07, 6.45) is -2.44. The van der Waals surface area contributed by atoms with Gasteiger partial charge in [-0.05, 0) is 78.8 Å². The van der Waals surface area contributed by atoms with Crippen LogP contribution < -0.4 is 4.90 Å². The molecule has 1 heterocycles. The number of pyridine rings is 1. The number of carbonyl (C=O) groups is 1. The van der Waals surface area contributed by atoms with Gasteiger partial charge in [0, 0.05) is 17.8 Å². The Kier molecular flexibility index (Phi) is 10.1. The third kappa shape index (κ3) is 8.51. The van der Waals surface area contributed by atoms with E-state index in [-0.39, 0.29) is 11.6 Å². The molecule has 43 heavy (non-hydrogen) atoms. The van der Waals surface area contributed by atoms with E-state index >= 15 is 0 Å². The molecule has 1 aliphatic carbocycles. The van der Waals surface area contributed by atoms with Gasteiger partial charge < -0.3 is 10.0 Å². The van der Waals surface area contributed by atoms with E-state index in [1.165, 1.54) is 30.7 Å². The summed E-state index contributed by atoms with van der Waals surface area (Å²) in [5.74, 6) is -1.16. The highest BCUT2D eigenvalue weighted by Crippen LogP contribution is 2.37. The highest BCUT2D eigenvalue weighted by Gasteiger charge is 2.32. The maximum atomic E-state index is 13.3.